The Hall–Kier alpha value is -5.24. The second-order valence-electron chi connectivity index (χ2n) is 11.8. The Kier molecular flexibility index (Phi) is 32.0. The van der Waals surface area contributed by atoms with Crippen molar-refractivity contribution in [1.29, 1.82) is 0 Å². The Morgan fingerprint density at radius 3 is 1.33 bits per heavy atom. The van der Waals surface area contributed by atoms with Gasteiger partial charge in [-0.05, 0) is 69.3 Å². The molecule has 8 rings (SSSR count). The molecule has 0 saturated carbocycles. The van der Waals surface area contributed by atoms with Crippen molar-refractivity contribution in [2.75, 3.05) is 0 Å². The summed E-state index contributed by atoms with van der Waals surface area (Å²) in [6, 6.07) is 30.5. The summed E-state index contributed by atoms with van der Waals surface area (Å²) in [6.07, 6.45) is 9.18. The lowest BCUT2D eigenvalue weighted by atomic mass is 10.3. The molecular formula is C50H80N8. The standard InChI is InChI=1S/2C10H12N2.C9H10N2.C7H6N2.2C3H8.4C2H6/c1-3-10-11-8-6-4-5-7-9(8)12(10)2;1-3-12-8(2)11-9-6-4-5-7-10(9)12;1-7-10-8-5-3-4-6-9(8)11(7)2;1-2-5-9-6-4-8-7(9)3-1;2*1-3-2;4*1-2/h2*4-7H,3H2,1-2H3;3-6H,1-2H3;1-6H;2*3H2,1-2H3;4*1-2H3. The Morgan fingerprint density at radius 1 is 0.466 bits per heavy atom. The Morgan fingerprint density at radius 2 is 0.879 bits per heavy atom. The van der Waals surface area contributed by atoms with Crippen molar-refractivity contribution < 1.29 is 0 Å². The number of fused-ring (bicyclic) bond motifs is 4. The van der Waals surface area contributed by atoms with E-state index in [2.05, 4.69) is 119 Å². The molecule has 5 aromatic heterocycles. The maximum absolute atomic E-state index is 4.49. The van der Waals surface area contributed by atoms with Crippen molar-refractivity contribution in [3.05, 3.63) is 127 Å². The van der Waals surface area contributed by atoms with Gasteiger partial charge in [0.15, 0.2) is 0 Å². The van der Waals surface area contributed by atoms with Crippen LogP contribution in [0.3, 0.4) is 0 Å². The maximum Gasteiger partial charge on any atom is 0.136 e. The monoisotopic (exact) mass is 793 g/mol. The molecule has 3 aromatic carbocycles. The summed E-state index contributed by atoms with van der Waals surface area (Å²) in [6.45, 7) is 33.8. The molecule has 8 nitrogen and oxygen atoms in total. The van der Waals surface area contributed by atoms with E-state index >= 15 is 0 Å². The van der Waals surface area contributed by atoms with Crippen molar-refractivity contribution in [3.8, 4) is 0 Å². The first-order chi connectivity index (χ1) is 28.2. The number of para-hydroxylation sites is 6. The van der Waals surface area contributed by atoms with Crippen molar-refractivity contribution >= 4 is 38.7 Å². The molecule has 0 fully saturated rings. The third-order valence-electron chi connectivity index (χ3n) is 7.67. The van der Waals surface area contributed by atoms with Crippen molar-refractivity contribution in [3.63, 3.8) is 0 Å². The van der Waals surface area contributed by atoms with E-state index in [0.29, 0.717) is 0 Å². The van der Waals surface area contributed by atoms with Gasteiger partial charge < -0.3 is 18.1 Å². The van der Waals surface area contributed by atoms with Crippen LogP contribution in [0.1, 0.15) is 127 Å². The number of aromatic nitrogens is 8. The van der Waals surface area contributed by atoms with Gasteiger partial charge in [0.05, 0.1) is 33.1 Å². The van der Waals surface area contributed by atoms with Gasteiger partial charge in [0.25, 0.3) is 0 Å². The fourth-order valence-electron chi connectivity index (χ4n) is 5.24. The number of rotatable bonds is 2. The van der Waals surface area contributed by atoms with Crippen LogP contribution in [0.5, 0.6) is 0 Å². The highest BCUT2D eigenvalue weighted by Gasteiger charge is 2.04. The molecule has 58 heavy (non-hydrogen) atoms. The molecule has 0 aliphatic rings. The first kappa shape index (κ1) is 54.9. The van der Waals surface area contributed by atoms with Gasteiger partial charge in [-0.25, -0.2) is 19.9 Å². The zero-order chi connectivity index (χ0) is 44.5. The number of pyridine rings is 1. The Labute approximate surface area is 353 Å². The largest absolute Gasteiger partial charge is 0.331 e. The second kappa shape index (κ2) is 33.9. The molecule has 8 heteroatoms. The van der Waals surface area contributed by atoms with E-state index in [0.717, 1.165) is 52.6 Å². The van der Waals surface area contributed by atoms with E-state index < -0.39 is 0 Å². The van der Waals surface area contributed by atoms with Crippen molar-refractivity contribution in [2.24, 2.45) is 14.1 Å². The van der Waals surface area contributed by atoms with Crippen LogP contribution in [0.15, 0.2) is 110 Å². The molecule has 0 radical (unpaired) electrons. The maximum atomic E-state index is 4.49. The predicted octanol–water partition coefficient (Wildman–Crippen LogP) is 14.7. The number of hydrogen-bond acceptors (Lipinski definition) is 4. The third kappa shape index (κ3) is 17.5. The first-order valence-electron chi connectivity index (χ1n) is 21.8. The lowest BCUT2D eigenvalue weighted by molar-refractivity contribution is 0.753. The number of aryl methyl sites for hydroxylation is 6. The zero-order valence-corrected chi connectivity index (χ0v) is 39.8. The lowest BCUT2D eigenvalue weighted by Crippen LogP contribution is -1.95. The number of nitrogens with zero attached hydrogens (tertiary/aromatic N) is 8. The minimum atomic E-state index is 0.991. The smallest absolute Gasteiger partial charge is 0.136 e. The molecule has 0 amide bonds. The minimum Gasteiger partial charge on any atom is -0.331 e. The molecule has 8 aromatic rings. The van der Waals surface area contributed by atoms with Crippen LogP contribution in [-0.4, -0.2) is 38.0 Å². The number of hydrogen-bond donors (Lipinski definition) is 0. The molecule has 5 heterocycles. The highest BCUT2D eigenvalue weighted by molar-refractivity contribution is 5.77. The Balaban J connectivity index is 0. The summed E-state index contributed by atoms with van der Waals surface area (Å²) in [5, 5.41) is 0. The SMILES string of the molecule is CC.CC.CC.CC.CCC.CCC.CCc1nc2ccccc2n1C.CCn1c(C)nc2ccccc21.Cc1nc2ccccc2n1C.c1ccn2ccnc2c1. The van der Waals surface area contributed by atoms with Crippen LogP contribution in [0, 0.1) is 13.8 Å². The molecule has 0 aliphatic heterocycles. The van der Waals surface area contributed by atoms with E-state index in [9.17, 15) is 0 Å². The lowest BCUT2D eigenvalue weighted by Gasteiger charge is -2.00. The molecule has 0 N–H and O–H groups in total. The molecule has 0 atom stereocenters. The van der Waals surface area contributed by atoms with Gasteiger partial charge in [-0.15, -0.1) is 0 Å². The summed E-state index contributed by atoms with van der Waals surface area (Å²) in [5.41, 5.74) is 7.91. The third-order valence-corrected chi connectivity index (χ3v) is 7.67. The Bertz CT molecular complexity index is 2110. The van der Waals surface area contributed by atoms with Crippen LogP contribution < -0.4 is 0 Å². The molecular weight excluding hydrogens is 713 g/mol. The second-order valence-corrected chi connectivity index (χ2v) is 11.8. The summed E-state index contributed by atoms with van der Waals surface area (Å²) in [7, 11) is 4.10. The van der Waals surface area contributed by atoms with Crippen LogP contribution in [-0.2, 0) is 27.1 Å². The minimum absolute atomic E-state index is 0.991. The highest BCUT2D eigenvalue weighted by atomic mass is 15.1. The van der Waals surface area contributed by atoms with Gasteiger partial charge >= 0.3 is 0 Å². The normalized spacial score (nSPS) is 9.14. The van der Waals surface area contributed by atoms with E-state index in [1.807, 2.05) is 148 Å². The van der Waals surface area contributed by atoms with Crippen LogP contribution in [0.25, 0.3) is 38.7 Å². The van der Waals surface area contributed by atoms with Gasteiger partial charge in [-0.3, -0.25) is 0 Å². The molecule has 0 unspecified atom stereocenters. The number of imidazole rings is 4. The summed E-state index contributed by atoms with van der Waals surface area (Å²) < 4.78 is 8.43. The molecule has 0 saturated heterocycles. The van der Waals surface area contributed by atoms with E-state index in [1.165, 1.54) is 29.4 Å². The molecule has 0 aliphatic carbocycles. The zero-order valence-electron chi connectivity index (χ0n) is 39.8. The van der Waals surface area contributed by atoms with Crippen LogP contribution in [0.2, 0.25) is 0 Å². The van der Waals surface area contributed by atoms with Gasteiger partial charge in [0.2, 0.25) is 0 Å². The van der Waals surface area contributed by atoms with Crippen LogP contribution >= 0.6 is 0 Å². The topological polar surface area (TPSA) is 70.8 Å². The number of benzene rings is 3. The van der Waals surface area contributed by atoms with Gasteiger partial charge in [-0.1, -0.05) is 145 Å². The van der Waals surface area contributed by atoms with Gasteiger partial charge in [-0.2, -0.15) is 0 Å². The van der Waals surface area contributed by atoms with E-state index in [-0.39, 0.29) is 0 Å². The molecule has 320 valence electrons. The molecule has 0 bridgehead atoms. The molecule has 0 spiro atoms. The summed E-state index contributed by atoms with van der Waals surface area (Å²) in [4.78, 5) is 17.4. The van der Waals surface area contributed by atoms with Gasteiger partial charge in [0, 0.05) is 45.7 Å². The average molecular weight is 793 g/mol. The summed E-state index contributed by atoms with van der Waals surface area (Å²) >= 11 is 0. The van der Waals surface area contributed by atoms with Gasteiger partial charge in [0.1, 0.15) is 23.1 Å². The average Bonchev–Trinajstić information content (AvgIpc) is 4.05. The van der Waals surface area contributed by atoms with Crippen molar-refractivity contribution in [1.82, 2.24) is 38.0 Å². The van der Waals surface area contributed by atoms with Crippen molar-refractivity contribution in [2.45, 2.75) is 137 Å². The van der Waals surface area contributed by atoms with E-state index in [4.69, 9.17) is 0 Å². The highest BCUT2D eigenvalue weighted by Crippen LogP contribution is 2.15. The van der Waals surface area contributed by atoms with E-state index in [1.54, 1.807) is 6.20 Å². The van der Waals surface area contributed by atoms with Crippen LogP contribution in [0.4, 0.5) is 0 Å². The fourth-order valence-corrected chi connectivity index (χ4v) is 5.24. The fraction of sp³-hybridized carbons (Fsp3) is 0.440. The quantitative estimate of drug-likeness (QED) is 0.175. The predicted molar refractivity (Wildman–Crippen MR) is 258 cm³/mol. The first-order valence-corrected chi connectivity index (χ1v) is 21.8. The summed E-state index contributed by atoms with van der Waals surface area (Å²) in [5.74, 6) is 3.31.